The van der Waals surface area contributed by atoms with Gasteiger partial charge in [-0.3, -0.25) is 0 Å². The normalized spacial score (nSPS) is 13.4. The van der Waals surface area contributed by atoms with Gasteiger partial charge in [0.15, 0.2) is 0 Å². The highest BCUT2D eigenvalue weighted by atomic mass is 79.9. The summed E-state index contributed by atoms with van der Waals surface area (Å²) in [5.41, 5.74) is 0.994. The molecule has 0 saturated heterocycles. The van der Waals surface area contributed by atoms with Crippen LogP contribution in [0.5, 0.6) is 0 Å². The monoisotopic (exact) mass is 439 g/mol. The number of aryl methyl sites for hydroxylation is 1. The molecule has 0 bridgehead atoms. The summed E-state index contributed by atoms with van der Waals surface area (Å²) < 4.78 is 29.1. The highest BCUT2D eigenvalue weighted by molar-refractivity contribution is 9.11. The molecule has 6 heteroatoms. The number of nitrogens with one attached hydrogen (secondary N) is 1. The van der Waals surface area contributed by atoms with Gasteiger partial charge in [0.2, 0.25) is 10.0 Å². The van der Waals surface area contributed by atoms with Crippen LogP contribution in [0.4, 0.5) is 0 Å². The van der Waals surface area contributed by atoms with Crippen LogP contribution < -0.4 is 4.72 Å². The van der Waals surface area contributed by atoms with Crippen LogP contribution in [-0.4, -0.2) is 14.5 Å². The van der Waals surface area contributed by atoms with Gasteiger partial charge in [0.25, 0.3) is 0 Å². The number of hydrogen-bond donors (Lipinski definition) is 1. The predicted molar refractivity (Wildman–Crippen MR) is 95.1 cm³/mol. The molecular weight excluding hydrogens is 418 g/mol. The number of sulfonamides is 1. The van der Waals surface area contributed by atoms with Crippen molar-refractivity contribution in [2.24, 2.45) is 0 Å². The Bertz CT molecular complexity index is 573. The molecule has 21 heavy (non-hydrogen) atoms. The lowest BCUT2D eigenvalue weighted by Crippen LogP contribution is -2.32. The average Bonchev–Trinajstić information content (AvgIpc) is 2.38. The number of benzene rings is 1. The Morgan fingerprint density at radius 3 is 2.43 bits per heavy atom. The zero-order valence-corrected chi connectivity index (χ0v) is 16.7. The zero-order chi connectivity index (χ0) is 16.0. The third-order valence-corrected chi connectivity index (χ3v) is 6.75. The van der Waals surface area contributed by atoms with Gasteiger partial charge in [-0.1, -0.05) is 48.5 Å². The number of unbranched alkanes of at least 4 members (excludes halogenated alkanes) is 3. The molecule has 0 amide bonds. The molecule has 0 fully saturated rings. The van der Waals surface area contributed by atoms with Crippen LogP contribution in [0, 0.1) is 6.92 Å². The Balaban J connectivity index is 2.75. The molecule has 0 aliphatic carbocycles. The molecule has 0 spiro atoms. The van der Waals surface area contributed by atoms with Crippen molar-refractivity contribution in [1.82, 2.24) is 4.72 Å². The smallest absolute Gasteiger partial charge is 0.208 e. The molecule has 1 N–H and O–H groups in total. The van der Waals surface area contributed by atoms with Crippen LogP contribution in [0.25, 0.3) is 0 Å². The molecule has 1 rings (SSSR count). The maximum absolute atomic E-state index is 12.5. The second-order valence-electron chi connectivity index (χ2n) is 5.40. The lowest BCUT2D eigenvalue weighted by atomic mass is 10.1. The first-order valence-electron chi connectivity index (χ1n) is 7.26. The number of hydrogen-bond acceptors (Lipinski definition) is 2. The first-order chi connectivity index (χ1) is 9.77. The number of halogens is 2. The van der Waals surface area contributed by atoms with Crippen molar-refractivity contribution >= 4 is 41.9 Å². The van der Waals surface area contributed by atoms with Crippen molar-refractivity contribution in [2.75, 3.05) is 0 Å². The molecule has 0 radical (unpaired) electrons. The third kappa shape index (κ3) is 6.00. The SMILES string of the molecule is CCCCCCC(C)NS(=O)(=O)c1cc(Br)c(C)cc1Br. The molecule has 0 heterocycles. The van der Waals surface area contributed by atoms with Crippen molar-refractivity contribution in [3.05, 3.63) is 26.6 Å². The van der Waals surface area contributed by atoms with Gasteiger partial charge in [0, 0.05) is 15.0 Å². The predicted octanol–water partition coefficient (Wildman–Crippen LogP) is 5.16. The minimum atomic E-state index is -3.50. The Hall–Kier alpha value is 0.0900. The van der Waals surface area contributed by atoms with Gasteiger partial charge in [0.1, 0.15) is 0 Å². The van der Waals surface area contributed by atoms with Gasteiger partial charge in [-0.2, -0.15) is 0 Å². The molecule has 3 nitrogen and oxygen atoms in total. The fourth-order valence-corrected chi connectivity index (χ4v) is 5.05. The van der Waals surface area contributed by atoms with E-state index in [-0.39, 0.29) is 10.9 Å². The van der Waals surface area contributed by atoms with Crippen LogP contribution in [0.3, 0.4) is 0 Å². The maximum Gasteiger partial charge on any atom is 0.241 e. The molecule has 1 atom stereocenters. The van der Waals surface area contributed by atoms with E-state index in [1.54, 1.807) is 6.07 Å². The van der Waals surface area contributed by atoms with Crippen molar-refractivity contribution in [1.29, 1.82) is 0 Å². The van der Waals surface area contributed by atoms with E-state index in [0.29, 0.717) is 4.47 Å². The highest BCUT2D eigenvalue weighted by Gasteiger charge is 2.21. The van der Waals surface area contributed by atoms with Crippen molar-refractivity contribution in [3.63, 3.8) is 0 Å². The largest absolute Gasteiger partial charge is 0.241 e. The van der Waals surface area contributed by atoms with E-state index >= 15 is 0 Å². The van der Waals surface area contributed by atoms with E-state index in [1.165, 1.54) is 12.8 Å². The standard InChI is InChI=1S/C15H23Br2NO2S/c1-4-5-6-7-8-12(3)18-21(19,20)15-10-13(16)11(2)9-14(15)17/h9-10,12,18H,4-8H2,1-3H3. The maximum atomic E-state index is 12.5. The Morgan fingerprint density at radius 1 is 1.14 bits per heavy atom. The van der Waals surface area contributed by atoms with Crippen molar-refractivity contribution in [3.8, 4) is 0 Å². The van der Waals surface area contributed by atoms with E-state index in [1.807, 2.05) is 19.9 Å². The molecule has 0 saturated carbocycles. The highest BCUT2D eigenvalue weighted by Crippen LogP contribution is 2.29. The molecule has 120 valence electrons. The van der Waals surface area contributed by atoms with Crippen molar-refractivity contribution in [2.45, 2.75) is 63.8 Å². The van der Waals surface area contributed by atoms with E-state index in [9.17, 15) is 8.42 Å². The lowest BCUT2D eigenvalue weighted by molar-refractivity contribution is 0.521. The summed E-state index contributed by atoms with van der Waals surface area (Å²) in [6.07, 6.45) is 5.46. The molecule has 1 unspecified atom stereocenters. The van der Waals surface area contributed by atoms with Gasteiger partial charge in [-0.05, 0) is 53.9 Å². The lowest BCUT2D eigenvalue weighted by Gasteiger charge is -2.15. The van der Waals surface area contributed by atoms with Gasteiger partial charge >= 0.3 is 0 Å². The topological polar surface area (TPSA) is 46.2 Å². The van der Waals surface area contributed by atoms with Crippen LogP contribution in [0.1, 0.15) is 51.5 Å². The first-order valence-corrected chi connectivity index (χ1v) is 10.3. The van der Waals surface area contributed by atoms with E-state index in [2.05, 4.69) is 43.5 Å². The molecule has 0 aliphatic heterocycles. The summed E-state index contributed by atoms with van der Waals surface area (Å²) in [5, 5.41) is 0. The van der Waals surface area contributed by atoms with Gasteiger partial charge in [-0.15, -0.1) is 0 Å². The Labute approximate surface area is 145 Å². The molecule has 0 aromatic heterocycles. The van der Waals surface area contributed by atoms with Crippen LogP contribution in [0.15, 0.2) is 26.0 Å². The second-order valence-corrected chi connectivity index (χ2v) is 8.79. The summed E-state index contributed by atoms with van der Waals surface area (Å²) in [4.78, 5) is 0.278. The molecular formula is C15H23Br2NO2S. The summed E-state index contributed by atoms with van der Waals surface area (Å²) in [5.74, 6) is 0. The zero-order valence-electron chi connectivity index (χ0n) is 12.7. The van der Waals surface area contributed by atoms with Crippen molar-refractivity contribution < 1.29 is 8.42 Å². The Morgan fingerprint density at radius 2 is 1.81 bits per heavy atom. The first kappa shape index (κ1) is 19.1. The van der Waals surface area contributed by atoms with Crippen LogP contribution in [-0.2, 0) is 10.0 Å². The number of rotatable bonds is 8. The summed E-state index contributed by atoms with van der Waals surface area (Å²) >= 11 is 6.73. The van der Waals surface area contributed by atoms with E-state index < -0.39 is 10.0 Å². The van der Waals surface area contributed by atoms with Crippen LogP contribution >= 0.6 is 31.9 Å². The van der Waals surface area contributed by atoms with Crippen LogP contribution in [0.2, 0.25) is 0 Å². The Kier molecular flexibility index (Phi) is 7.88. The second kappa shape index (κ2) is 8.65. The van der Waals surface area contributed by atoms with Gasteiger partial charge in [0.05, 0.1) is 4.90 Å². The fraction of sp³-hybridized carbons (Fsp3) is 0.600. The quantitative estimate of drug-likeness (QED) is 0.567. The van der Waals surface area contributed by atoms with E-state index in [4.69, 9.17) is 0 Å². The minimum absolute atomic E-state index is 0.0566. The van der Waals surface area contributed by atoms with E-state index in [0.717, 1.165) is 29.3 Å². The van der Waals surface area contributed by atoms with Gasteiger partial charge < -0.3 is 0 Å². The molecule has 1 aromatic carbocycles. The minimum Gasteiger partial charge on any atom is -0.208 e. The molecule has 0 aliphatic rings. The molecule has 1 aromatic rings. The summed E-state index contributed by atoms with van der Waals surface area (Å²) in [7, 11) is -3.50. The third-order valence-electron chi connectivity index (χ3n) is 3.35. The van der Waals surface area contributed by atoms with Gasteiger partial charge in [-0.25, -0.2) is 13.1 Å². The average molecular weight is 441 g/mol. The fourth-order valence-electron chi connectivity index (χ4n) is 2.10. The summed E-state index contributed by atoms with van der Waals surface area (Å²) in [6.45, 7) is 6.01. The summed E-state index contributed by atoms with van der Waals surface area (Å²) in [6, 6.07) is 3.40.